The van der Waals surface area contributed by atoms with Gasteiger partial charge in [0, 0.05) is 6.42 Å². The molecule has 1 aliphatic rings. The number of rotatable bonds is 18. The SMILES string of the molecule is C=C[C@]1(C)CC[C@@H](C(=C)COC(=O)CNC(=O)CCC(=O)OCCCCOc2no[n+]([O-])c2S(=O)(=O)c2ccccc2)C[C@H]1C(=C)C. The summed E-state index contributed by atoms with van der Waals surface area (Å²) in [6.45, 7) is 16.2. The first-order chi connectivity index (χ1) is 22.3. The summed E-state index contributed by atoms with van der Waals surface area (Å²) in [6, 6.07) is 7.30. The number of hydrogen-bond acceptors (Lipinski definition) is 11. The van der Waals surface area contributed by atoms with Gasteiger partial charge in [-0.1, -0.05) is 49.9 Å². The Labute approximate surface area is 275 Å². The van der Waals surface area contributed by atoms with Crippen LogP contribution in [0.4, 0.5) is 0 Å². The Bertz CT molecular complexity index is 1550. The molecule has 0 spiro atoms. The van der Waals surface area contributed by atoms with Crippen molar-refractivity contribution in [1.29, 1.82) is 0 Å². The highest BCUT2D eigenvalue weighted by molar-refractivity contribution is 7.91. The van der Waals surface area contributed by atoms with E-state index in [-0.39, 0.29) is 66.3 Å². The van der Waals surface area contributed by atoms with E-state index in [1.807, 2.05) is 13.0 Å². The van der Waals surface area contributed by atoms with Crippen LogP contribution in [0.5, 0.6) is 5.88 Å². The first-order valence-corrected chi connectivity index (χ1v) is 16.8. The van der Waals surface area contributed by atoms with E-state index < -0.39 is 38.6 Å². The predicted octanol–water partition coefficient (Wildman–Crippen LogP) is 4.02. The molecule has 2 aromatic rings. The van der Waals surface area contributed by atoms with Crippen molar-refractivity contribution in [3.8, 4) is 5.88 Å². The number of hydrogen-bond donors (Lipinski definition) is 1. The molecule has 0 unspecified atom stereocenters. The number of carbonyl (C=O) groups excluding carboxylic acids is 3. The zero-order valence-electron chi connectivity index (χ0n) is 26.9. The first kappa shape index (κ1) is 37.0. The summed E-state index contributed by atoms with van der Waals surface area (Å²) in [5.74, 6) is -1.72. The van der Waals surface area contributed by atoms with Crippen LogP contribution in [0, 0.1) is 22.5 Å². The summed E-state index contributed by atoms with van der Waals surface area (Å²) in [5, 5.41) is 17.0. The minimum Gasteiger partial charge on any atom is -0.466 e. The molecule has 1 heterocycles. The molecule has 0 aliphatic heterocycles. The molecule has 14 heteroatoms. The molecule has 47 heavy (non-hydrogen) atoms. The molecule has 256 valence electrons. The van der Waals surface area contributed by atoms with E-state index >= 15 is 0 Å². The van der Waals surface area contributed by atoms with Crippen molar-refractivity contribution in [3.63, 3.8) is 0 Å². The quantitative estimate of drug-likeness (QED) is 0.105. The number of nitrogens with zero attached hydrogens (tertiary/aromatic N) is 2. The van der Waals surface area contributed by atoms with Gasteiger partial charge in [-0.05, 0) is 78.9 Å². The van der Waals surface area contributed by atoms with Crippen LogP contribution in [0.3, 0.4) is 0 Å². The van der Waals surface area contributed by atoms with Gasteiger partial charge in [-0.25, -0.2) is 8.42 Å². The second kappa shape index (κ2) is 16.9. The van der Waals surface area contributed by atoms with Crippen LogP contribution in [0.2, 0.25) is 0 Å². The number of benzene rings is 1. The van der Waals surface area contributed by atoms with Crippen LogP contribution >= 0.6 is 0 Å². The lowest BCUT2D eigenvalue weighted by molar-refractivity contribution is -0.832. The van der Waals surface area contributed by atoms with Crippen molar-refractivity contribution in [1.82, 2.24) is 10.5 Å². The summed E-state index contributed by atoms with van der Waals surface area (Å²) >= 11 is 0. The Kier molecular flexibility index (Phi) is 13.3. The molecule has 1 amide bonds. The molecule has 3 rings (SSSR count). The summed E-state index contributed by atoms with van der Waals surface area (Å²) in [5.41, 5.74) is 1.90. The van der Waals surface area contributed by atoms with Crippen molar-refractivity contribution in [2.24, 2.45) is 17.3 Å². The number of unbranched alkanes of at least 4 members (excludes halogenated alkanes) is 1. The molecule has 1 aromatic heterocycles. The summed E-state index contributed by atoms with van der Waals surface area (Å²) in [7, 11) is -4.22. The van der Waals surface area contributed by atoms with Gasteiger partial charge >= 0.3 is 22.8 Å². The highest BCUT2D eigenvalue weighted by Crippen LogP contribution is 2.48. The van der Waals surface area contributed by atoms with Gasteiger partial charge in [-0.2, -0.15) is 0 Å². The van der Waals surface area contributed by atoms with Gasteiger partial charge in [-0.15, -0.1) is 6.58 Å². The van der Waals surface area contributed by atoms with Gasteiger partial charge in [0.25, 0.3) is 9.84 Å². The van der Waals surface area contributed by atoms with Crippen molar-refractivity contribution in [2.45, 2.75) is 68.7 Å². The van der Waals surface area contributed by atoms with Gasteiger partial charge in [0.05, 0.1) is 29.7 Å². The summed E-state index contributed by atoms with van der Waals surface area (Å²) in [4.78, 5) is 36.0. The molecular formula is C33H43N3O10S. The highest BCUT2D eigenvalue weighted by Gasteiger charge is 2.39. The largest absolute Gasteiger partial charge is 0.466 e. The minimum atomic E-state index is -4.22. The Morgan fingerprint density at radius 2 is 1.83 bits per heavy atom. The second-order valence-electron chi connectivity index (χ2n) is 11.8. The summed E-state index contributed by atoms with van der Waals surface area (Å²) in [6.07, 6.45) is 5.05. The average Bonchev–Trinajstić information content (AvgIpc) is 3.44. The van der Waals surface area contributed by atoms with Gasteiger partial charge < -0.3 is 24.7 Å². The van der Waals surface area contributed by atoms with Gasteiger partial charge in [-0.3, -0.25) is 19.0 Å². The van der Waals surface area contributed by atoms with Crippen molar-refractivity contribution >= 4 is 27.7 Å². The molecule has 0 bridgehead atoms. The molecule has 13 nitrogen and oxygen atoms in total. The van der Waals surface area contributed by atoms with Crippen LogP contribution in [0.25, 0.3) is 0 Å². The van der Waals surface area contributed by atoms with Gasteiger partial charge in [0.15, 0.2) is 0 Å². The molecule has 1 aliphatic carbocycles. The Hall–Kier alpha value is -4.46. The molecule has 0 radical (unpaired) electrons. The lowest BCUT2D eigenvalue weighted by Gasteiger charge is -2.43. The van der Waals surface area contributed by atoms with Crippen LogP contribution < -0.4 is 15.0 Å². The third kappa shape index (κ3) is 10.3. The fourth-order valence-corrected chi connectivity index (χ4v) is 6.69. The second-order valence-corrected chi connectivity index (χ2v) is 13.7. The molecule has 1 N–H and O–H groups in total. The van der Waals surface area contributed by atoms with Crippen molar-refractivity contribution in [2.75, 3.05) is 26.4 Å². The molecule has 3 atom stereocenters. The fourth-order valence-electron chi connectivity index (χ4n) is 5.40. The topological polar surface area (TPSA) is 178 Å². The first-order valence-electron chi connectivity index (χ1n) is 15.4. The van der Waals surface area contributed by atoms with Crippen LogP contribution in [0.15, 0.2) is 81.8 Å². The van der Waals surface area contributed by atoms with Crippen molar-refractivity contribution in [3.05, 3.63) is 72.5 Å². The number of allylic oxidation sites excluding steroid dienone is 2. The lowest BCUT2D eigenvalue weighted by atomic mass is 9.61. The number of carbonyl (C=O) groups is 3. The molecule has 0 saturated heterocycles. The average molecular weight is 674 g/mol. The Morgan fingerprint density at radius 1 is 1.13 bits per heavy atom. The van der Waals surface area contributed by atoms with E-state index in [1.165, 1.54) is 24.3 Å². The zero-order valence-corrected chi connectivity index (χ0v) is 27.7. The van der Waals surface area contributed by atoms with E-state index in [0.717, 1.165) is 30.4 Å². The Morgan fingerprint density at radius 3 is 2.51 bits per heavy atom. The number of ether oxygens (including phenoxy) is 3. The minimum absolute atomic E-state index is 0.0173. The number of aromatic nitrogens is 2. The van der Waals surface area contributed by atoms with E-state index in [1.54, 1.807) is 6.07 Å². The standard InChI is InChI=1S/C33H43N3O10S/c1-6-33(5)17-16-25(20-27(33)23(2)3)24(4)22-45-30(39)21-34-28(37)14-15-29(38)43-18-10-11-19-44-31-32(36(40)46-35-31)47(41,42)26-12-8-7-9-13-26/h6-9,12-13,25,27H,1-2,4,10-11,14-22H2,3,5H3,(H,34,37)/t25-,27+,33-/m1/s1. The van der Waals surface area contributed by atoms with Crippen LogP contribution in [-0.2, 0) is 33.7 Å². The zero-order chi connectivity index (χ0) is 34.6. The highest BCUT2D eigenvalue weighted by atomic mass is 32.2. The van der Waals surface area contributed by atoms with Gasteiger partial charge in [0.2, 0.25) is 5.91 Å². The van der Waals surface area contributed by atoms with E-state index in [9.17, 15) is 28.0 Å². The maximum Gasteiger partial charge on any atom is 0.414 e. The molecule has 1 aromatic carbocycles. The predicted molar refractivity (Wildman–Crippen MR) is 169 cm³/mol. The van der Waals surface area contributed by atoms with Crippen LogP contribution in [0.1, 0.15) is 58.8 Å². The summed E-state index contributed by atoms with van der Waals surface area (Å²) < 4.78 is 45.7. The number of nitrogens with one attached hydrogen (secondary N) is 1. The lowest BCUT2D eigenvalue weighted by Crippen LogP contribution is -2.35. The molecule has 1 fully saturated rings. The smallest absolute Gasteiger partial charge is 0.414 e. The normalized spacial score (nSPS) is 19.3. The van der Waals surface area contributed by atoms with Crippen LogP contribution in [-0.4, -0.2) is 57.8 Å². The fraction of sp³-hybridized carbons (Fsp3) is 0.485. The number of amides is 1. The maximum absolute atomic E-state index is 12.8. The van der Waals surface area contributed by atoms with E-state index in [0.29, 0.717) is 12.8 Å². The molecular weight excluding hydrogens is 630 g/mol. The number of sulfone groups is 1. The third-order valence-electron chi connectivity index (χ3n) is 8.29. The van der Waals surface area contributed by atoms with E-state index in [4.69, 9.17) is 14.2 Å². The van der Waals surface area contributed by atoms with E-state index in [2.05, 4.69) is 41.8 Å². The third-order valence-corrected chi connectivity index (χ3v) is 10.0. The maximum atomic E-state index is 12.8. The Balaban J connectivity index is 1.27. The van der Waals surface area contributed by atoms with Crippen molar-refractivity contribution < 1.29 is 46.5 Å². The monoisotopic (exact) mass is 673 g/mol. The van der Waals surface area contributed by atoms with Gasteiger partial charge in [0.1, 0.15) is 13.2 Å². The molecule has 1 saturated carbocycles. The number of esters is 2.